The van der Waals surface area contributed by atoms with Gasteiger partial charge >= 0.3 is 0 Å². The van der Waals surface area contributed by atoms with E-state index in [0.717, 1.165) is 19.6 Å². The highest BCUT2D eigenvalue weighted by atomic mass is 16.3. The molecule has 0 bridgehead atoms. The Morgan fingerprint density at radius 1 is 1.55 bits per heavy atom. The Morgan fingerprint density at radius 3 is 3.18 bits per heavy atom. The van der Waals surface area contributed by atoms with Crippen LogP contribution in [0.2, 0.25) is 0 Å². The molecule has 2 fully saturated rings. The van der Waals surface area contributed by atoms with Gasteiger partial charge in [-0.1, -0.05) is 0 Å². The molecule has 0 saturated carbocycles. The van der Waals surface area contributed by atoms with Gasteiger partial charge in [0.2, 0.25) is 0 Å². The van der Waals surface area contributed by atoms with Crippen molar-refractivity contribution in [3.8, 4) is 0 Å². The predicted molar refractivity (Wildman–Crippen MR) is 43.4 cm³/mol. The van der Waals surface area contributed by atoms with Crippen molar-refractivity contribution < 1.29 is 5.11 Å². The van der Waals surface area contributed by atoms with Gasteiger partial charge in [-0.2, -0.15) is 0 Å². The lowest BCUT2D eigenvalue weighted by Gasteiger charge is -2.29. The molecule has 11 heavy (non-hydrogen) atoms. The summed E-state index contributed by atoms with van der Waals surface area (Å²) in [5.74, 6) is 0.542. The van der Waals surface area contributed by atoms with Gasteiger partial charge in [0, 0.05) is 38.8 Å². The van der Waals surface area contributed by atoms with Crippen LogP contribution in [-0.2, 0) is 0 Å². The highest BCUT2D eigenvalue weighted by Gasteiger charge is 2.32. The molecule has 2 aliphatic heterocycles. The minimum Gasteiger partial charge on any atom is -0.396 e. The standard InChI is InChI=1S/C8H16N2O/c11-6-7-3-8-4-9-1-2-10(8)5-7/h7-9,11H,1-6H2. The van der Waals surface area contributed by atoms with E-state index in [2.05, 4.69) is 10.2 Å². The number of nitrogens with one attached hydrogen (secondary N) is 1. The molecule has 2 unspecified atom stereocenters. The molecule has 64 valence electrons. The molecule has 0 amide bonds. The molecule has 2 saturated heterocycles. The predicted octanol–water partition coefficient (Wildman–Crippen LogP) is -0.728. The van der Waals surface area contributed by atoms with Gasteiger partial charge in [0.05, 0.1) is 0 Å². The van der Waals surface area contributed by atoms with Crippen LogP contribution in [0.15, 0.2) is 0 Å². The number of aliphatic hydroxyl groups excluding tert-OH is 1. The van der Waals surface area contributed by atoms with Crippen molar-refractivity contribution in [2.75, 3.05) is 32.8 Å². The number of nitrogens with zero attached hydrogens (tertiary/aromatic N) is 1. The van der Waals surface area contributed by atoms with Crippen LogP contribution < -0.4 is 5.32 Å². The maximum atomic E-state index is 8.97. The van der Waals surface area contributed by atoms with Crippen LogP contribution in [0.1, 0.15) is 6.42 Å². The van der Waals surface area contributed by atoms with Crippen LogP contribution >= 0.6 is 0 Å². The van der Waals surface area contributed by atoms with Crippen LogP contribution in [-0.4, -0.2) is 48.8 Å². The van der Waals surface area contributed by atoms with Crippen LogP contribution in [0.25, 0.3) is 0 Å². The normalized spacial score (nSPS) is 39.0. The molecule has 0 radical (unpaired) electrons. The molecule has 2 rings (SSSR count). The molecule has 0 spiro atoms. The second-order valence-corrected chi connectivity index (χ2v) is 3.64. The Bertz CT molecular complexity index is 126. The van der Waals surface area contributed by atoms with E-state index >= 15 is 0 Å². The van der Waals surface area contributed by atoms with Gasteiger partial charge in [-0.25, -0.2) is 0 Å². The third kappa shape index (κ3) is 1.41. The molecule has 0 aromatic carbocycles. The number of hydrogen-bond acceptors (Lipinski definition) is 3. The molecule has 3 heteroatoms. The fourth-order valence-corrected chi connectivity index (χ4v) is 2.20. The lowest BCUT2D eigenvalue weighted by molar-refractivity contribution is 0.199. The average molecular weight is 156 g/mol. The SMILES string of the molecule is OCC1CC2CNCCN2C1. The van der Waals surface area contributed by atoms with Crippen LogP contribution in [0.4, 0.5) is 0 Å². The van der Waals surface area contributed by atoms with Crippen LogP contribution in [0.5, 0.6) is 0 Å². The van der Waals surface area contributed by atoms with Crippen molar-refractivity contribution in [3.63, 3.8) is 0 Å². The quantitative estimate of drug-likeness (QED) is 0.525. The van der Waals surface area contributed by atoms with Gasteiger partial charge in [0.1, 0.15) is 0 Å². The number of hydrogen-bond donors (Lipinski definition) is 2. The lowest BCUT2D eigenvalue weighted by Crippen LogP contribution is -2.47. The molecule has 2 N–H and O–H groups in total. The zero-order valence-corrected chi connectivity index (χ0v) is 6.79. The first-order valence-corrected chi connectivity index (χ1v) is 4.46. The number of piperazine rings is 1. The Balaban J connectivity index is 1.92. The zero-order chi connectivity index (χ0) is 7.68. The first kappa shape index (κ1) is 7.53. The van der Waals surface area contributed by atoms with E-state index in [4.69, 9.17) is 5.11 Å². The monoisotopic (exact) mass is 156 g/mol. The minimum atomic E-state index is 0.368. The highest BCUT2D eigenvalue weighted by Crippen LogP contribution is 2.23. The molecule has 0 aromatic rings. The largest absolute Gasteiger partial charge is 0.396 e. The van der Waals surface area contributed by atoms with Crippen molar-refractivity contribution in [1.29, 1.82) is 0 Å². The molecule has 0 aliphatic carbocycles. The van der Waals surface area contributed by atoms with Gasteiger partial charge < -0.3 is 10.4 Å². The third-order valence-electron chi connectivity index (χ3n) is 2.83. The zero-order valence-electron chi connectivity index (χ0n) is 6.79. The van der Waals surface area contributed by atoms with E-state index in [1.165, 1.54) is 13.0 Å². The number of aliphatic hydroxyl groups is 1. The third-order valence-corrected chi connectivity index (χ3v) is 2.83. The summed E-state index contributed by atoms with van der Waals surface area (Å²) in [6, 6.07) is 0.709. The lowest BCUT2D eigenvalue weighted by atomic mass is 10.1. The molecule has 2 aliphatic rings. The van der Waals surface area contributed by atoms with E-state index in [-0.39, 0.29) is 0 Å². The van der Waals surface area contributed by atoms with Gasteiger partial charge in [-0.05, 0) is 12.3 Å². The smallest absolute Gasteiger partial charge is 0.0472 e. The first-order valence-electron chi connectivity index (χ1n) is 4.46. The Morgan fingerprint density at radius 2 is 2.45 bits per heavy atom. The molecular formula is C8H16N2O. The minimum absolute atomic E-state index is 0.368. The maximum absolute atomic E-state index is 8.97. The highest BCUT2D eigenvalue weighted by molar-refractivity contribution is 4.89. The summed E-state index contributed by atoms with van der Waals surface area (Å²) in [5.41, 5.74) is 0. The van der Waals surface area contributed by atoms with Crippen molar-refractivity contribution in [1.82, 2.24) is 10.2 Å². The summed E-state index contributed by atoms with van der Waals surface area (Å²) in [6.07, 6.45) is 1.18. The van der Waals surface area contributed by atoms with E-state index < -0.39 is 0 Å². The van der Waals surface area contributed by atoms with Crippen molar-refractivity contribution in [2.45, 2.75) is 12.5 Å². The van der Waals surface area contributed by atoms with E-state index in [1.807, 2.05) is 0 Å². The molecule has 2 heterocycles. The summed E-state index contributed by atoms with van der Waals surface area (Å²) in [7, 11) is 0. The fraction of sp³-hybridized carbons (Fsp3) is 1.00. The van der Waals surface area contributed by atoms with Gasteiger partial charge in [-0.15, -0.1) is 0 Å². The van der Waals surface area contributed by atoms with E-state index in [0.29, 0.717) is 18.6 Å². The number of fused-ring (bicyclic) bond motifs is 1. The number of rotatable bonds is 1. The van der Waals surface area contributed by atoms with Gasteiger partial charge in [-0.3, -0.25) is 4.90 Å². The summed E-state index contributed by atoms with van der Waals surface area (Å²) in [6.45, 7) is 4.89. The van der Waals surface area contributed by atoms with Gasteiger partial charge in [0.15, 0.2) is 0 Å². The van der Waals surface area contributed by atoms with E-state index in [1.54, 1.807) is 0 Å². The summed E-state index contributed by atoms with van der Waals surface area (Å²) < 4.78 is 0. The van der Waals surface area contributed by atoms with Crippen molar-refractivity contribution in [2.24, 2.45) is 5.92 Å². The Labute approximate surface area is 67.4 Å². The van der Waals surface area contributed by atoms with Gasteiger partial charge in [0.25, 0.3) is 0 Å². The topological polar surface area (TPSA) is 35.5 Å². The summed E-state index contributed by atoms with van der Waals surface area (Å²) in [4.78, 5) is 2.50. The summed E-state index contributed by atoms with van der Waals surface area (Å²) in [5, 5.41) is 12.3. The Kier molecular flexibility index (Phi) is 2.11. The average Bonchev–Trinajstić information content (AvgIpc) is 2.46. The fourth-order valence-electron chi connectivity index (χ4n) is 2.20. The molecule has 2 atom stereocenters. The maximum Gasteiger partial charge on any atom is 0.0472 e. The second-order valence-electron chi connectivity index (χ2n) is 3.64. The van der Waals surface area contributed by atoms with Crippen LogP contribution in [0, 0.1) is 5.92 Å². The van der Waals surface area contributed by atoms with Crippen molar-refractivity contribution in [3.05, 3.63) is 0 Å². The molecule has 3 nitrogen and oxygen atoms in total. The first-order chi connectivity index (χ1) is 5.40. The Hall–Kier alpha value is -0.120. The van der Waals surface area contributed by atoms with Crippen LogP contribution in [0.3, 0.4) is 0 Å². The van der Waals surface area contributed by atoms with E-state index in [9.17, 15) is 0 Å². The second kappa shape index (κ2) is 3.09. The van der Waals surface area contributed by atoms with Crippen molar-refractivity contribution >= 4 is 0 Å². The summed E-state index contributed by atoms with van der Waals surface area (Å²) >= 11 is 0. The molecular weight excluding hydrogens is 140 g/mol. The molecule has 0 aromatic heterocycles.